The molecule has 0 bridgehead atoms. The summed E-state index contributed by atoms with van der Waals surface area (Å²) in [6, 6.07) is 0. The van der Waals surface area contributed by atoms with Crippen LogP contribution < -0.4 is 0 Å². The van der Waals surface area contributed by atoms with E-state index in [0.29, 0.717) is 13.5 Å². The maximum absolute atomic E-state index is 10.6. The molecule has 3 unspecified atom stereocenters. The molecule has 0 aliphatic carbocycles. The van der Waals surface area contributed by atoms with Crippen LogP contribution in [-0.4, -0.2) is 16.7 Å². The minimum atomic E-state index is -1.20. The van der Waals surface area contributed by atoms with E-state index in [4.69, 9.17) is 4.74 Å². The van der Waals surface area contributed by atoms with E-state index in [-0.39, 0.29) is 5.92 Å². The van der Waals surface area contributed by atoms with Gasteiger partial charge in [0.25, 0.3) is 0 Å². The average Bonchev–Trinajstić information content (AvgIpc) is 2.26. The molecule has 3 atom stereocenters. The summed E-state index contributed by atoms with van der Waals surface area (Å²) in [4.78, 5) is 10.6. The molecule has 0 aromatic heterocycles. The van der Waals surface area contributed by atoms with Gasteiger partial charge in [0.05, 0.1) is 0 Å². The van der Waals surface area contributed by atoms with Crippen LogP contribution in [0.1, 0.15) is 33.6 Å². The van der Waals surface area contributed by atoms with Gasteiger partial charge in [0.15, 0.2) is 0 Å². The molecule has 0 amide bonds. The van der Waals surface area contributed by atoms with Crippen molar-refractivity contribution >= 4 is 6.29 Å². The van der Waals surface area contributed by atoms with Crippen molar-refractivity contribution in [2.45, 2.75) is 44.7 Å². The SMILES string of the molecule is CC1C[At](C2CCC(C=O)CO2)C1(C)C. The third-order valence-corrected chi connectivity index (χ3v) is 17.0. The Hall–Kier alpha value is 0.513. The molecule has 0 spiro atoms. The van der Waals surface area contributed by atoms with Crippen LogP contribution in [0.25, 0.3) is 0 Å². The Balaban J connectivity index is 1.89. The summed E-state index contributed by atoms with van der Waals surface area (Å²) in [6.07, 6.45) is 3.29. The second kappa shape index (κ2) is 4.41. The molecule has 2 rings (SSSR count). The molecule has 0 radical (unpaired) electrons. The Morgan fingerprint density at radius 3 is 2.53 bits per heavy atom. The van der Waals surface area contributed by atoms with Crippen molar-refractivity contribution in [3.05, 3.63) is 0 Å². The zero-order chi connectivity index (χ0) is 11.1. The van der Waals surface area contributed by atoms with Crippen LogP contribution in [0, 0.1) is 33.6 Å². The van der Waals surface area contributed by atoms with Crippen molar-refractivity contribution < 1.29 is 31.3 Å². The molecule has 88 valence electrons. The van der Waals surface area contributed by atoms with Gasteiger partial charge in [0.2, 0.25) is 0 Å². The van der Waals surface area contributed by atoms with Gasteiger partial charge in [-0.05, 0) is 0 Å². The monoisotopic (exact) mass is 407 g/mol. The predicted octanol–water partition coefficient (Wildman–Crippen LogP) is 2.83. The average molecular weight is 407 g/mol. The molecule has 2 saturated heterocycles. The quantitative estimate of drug-likeness (QED) is 0.659. The first-order valence-corrected chi connectivity index (χ1v) is 11.0. The van der Waals surface area contributed by atoms with Gasteiger partial charge in [-0.3, -0.25) is 0 Å². The van der Waals surface area contributed by atoms with E-state index in [1.54, 1.807) is 0 Å². The molecule has 2 aliphatic rings. The van der Waals surface area contributed by atoms with Gasteiger partial charge in [-0.2, -0.15) is 0 Å². The number of ether oxygens (including phenoxy) is 1. The van der Waals surface area contributed by atoms with Crippen molar-refractivity contribution in [1.82, 2.24) is 0 Å². The van der Waals surface area contributed by atoms with E-state index in [9.17, 15) is 4.79 Å². The molecule has 0 N–H and O–H groups in total. The summed E-state index contributed by atoms with van der Waals surface area (Å²) in [5, 5.41) is 0. The fourth-order valence-corrected chi connectivity index (χ4v) is 13.9. The Morgan fingerprint density at radius 1 is 1.40 bits per heavy atom. The number of carbonyl (C=O) groups excluding carboxylic acids is 1. The predicted molar refractivity (Wildman–Crippen MR) is 56.5 cm³/mol. The van der Waals surface area contributed by atoms with Crippen LogP contribution in [0.5, 0.6) is 0 Å². The molecule has 0 aromatic carbocycles. The third-order valence-electron chi connectivity index (χ3n) is 3.94. The summed E-state index contributed by atoms with van der Waals surface area (Å²) in [5.41, 5.74) is 0. The maximum atomic E-state index is 10.6. The van der Waals surface area contributed by atoms with E-state index in [1.807, 2.05) is 0 Å². The summed E-state index contributed by atoms with van der Waals surface area (Å²) < 4.78 is 8.61. The molecule has 0 saturated carbocycles. The van der Waals surface area contributed by atoms with E-state index >= 15 is 0 Å². The van der Waals surface area contributed by atoms with Crippen LogP contribution in [-0.2, 0) is 9.53 Å². The van der Waals surface area contributed by atoms with Gasteiger partial charge >= 0.3 is 101 Å². The second-order valence-electron chi connectivity index (χ2n) is 5.23. The van der Waals surface area contributed by atoms with Crippen LogP contribution in [0.2, 0.25) is 7.25 Å². The normalized spacial score (nSPS) is 42.1. The van der Waals surface area contributed by atoms with Crippen molar-refractivity contribution in [1.29, 1.82) is 0 Å². The van der Waals surface area contributed by atoms with Crippen LogP contribution in [0.4, 0.5) is 0 Å². The first kappa shape index (κ1) is 12.0. The van der Waals surface area contributed by atoms with E-state index in [1.165, 1.54) is 4.13 Å². The zero-order valence-corrected chi connectivity index (χ0v) is 12.8. The van der Waals surface area contributed by atoms with E-state index in [2.05, 4.69) is 20.8 Å². The molecule has 2 nitrogen and oxygen atoms in total. The summed E-state index contributed by atoms with van der Waals surface area (Å²) in [5.74, 6) is 1.08. The standard InChI is InChI=1S/C12H21AtO2/c1-9-6-13(12(9,2)3)11-5-4-10(7-14)8-15-11/h7,9-11H,4-6,8H2,1-3H3. The van der Waals surface area contributed by atoms with Crippen molar-refractivity contribution in [3.63, 3.8) is 0 Å². The summed E-state index contributed by atoms with van der Waals surface area (Å²) in [6.45, 7) is 7.93. The fraction of sp³-hybridized carbons (Fsp3) is 0.917. The molecule has 0 aromatic rings. The van der Waals surface area contributed by atoms with Crippen LogP contribution in [0.15, 0.2) is 0 Å². The Kier molecular flexibility index (Phi) is 3.52. The summed E-state index contributed by atoms with van der Waals surface area (Å²) in [7, 11) is 0. The zero-order valence-electron chi connectivity index (χ0n) is 9.83. The Labute approximate surface area is 100 Å². The summed E-state index contributed by atoms with van der Waals surface area (Å²) >= 11 is -1.20. The number of carbonyl (C=O) groups is 1. The molecular weight excluding hydrogens is 386 g/mol. The Morgan fingerprint density at radius 2 is 2.13 bits per heavy atom. The number of hydrogen-bond donors (Lipinski definition) is 0. The van der Waals surface area contributed by atoms with Crippen molar-refractivity contribution in [2.24, 2.45) is 11.8 Å². The number of hydrogen-bond acceptors (Lipinski definition) is 2. The molecule has 3 heteroatoms. The van der Waals surface area contributed by atoms with E-state index < -0.39 is 21.8 Å². The molecule has 2 heterocycles. The van der Waals surface area contributed by atoms with Gasteiger partial charge in [-0.1, -0.05) is 0 Å². The molecule has 2 aliphatic heterocycles. The molecular formula is C12H21AtO2. The number of aldehydes is 1. The Bertz CT molecular complexity index is 244. The first-order valence-electron chi connectivity index (χ1n) is 5.77. The van der Waals surface area contributed by atoms with E-state index in [0.717, 1.165) is 25.0 Å². The molecule has 2 fully saturated rings. The first-order chi connectivity index (χ1) is 7.05. The molecule has 15 heavy (non-hydrogen) atoms. The van der Waals surface area contributed by atoms with Crippen molar-refractivity contribution in [2.75, 3.05) is 6.61 Å². The van der Waals surface area contributed by atoms with Gasteiger partial charge in [-0.15, -0.1) is 0 Å². The fourth-order valence-electron chi connectivity index (χ4n) is 2.25. The van der Waals surface area contributed by atoms with Gasteiger partial charge in [0, 0.05) is 0 Å². The topological polar surface area (TPSA) is 26.3 Å². The van der Waals surface area contributed by atoms with Gasteiger partial charge in [0.1, 0.15) is 0 Å². The van der Waals surface area contributed by atoms with Crippen LogP contribution >= 0.6 is 0 Å². The van der Waals surface area contributed by atoms with Gasteiger partial charge in [-0.25, -0.2) is 0 Å². The minimum absolute atomic E-state index is 0.184. The third kappa shape index (κ3) is 2.15. The van der Waals surface area contributed by atoms with Gasteiger partial charge < -0.3 is 0 Å². The van der Waals surface area contributed by atoms with Crippen molar-refractivity contribution in [3.8, 4) is 0 Å². The second-order valence-corrected chi connectivity index (χ2v) is 15.2. The van der Waals surface area contributed by atoms with Crippen LogP contribution in [0.3, 0.4) is 0 Å². The number of rotatable bonds is 2.